The molecule has 0 bridgehead atoms. The van der Waals surface area contributed by atoms with Crippen LogP contribution in [-0.2, 0) is 9.59 Å². The molecule has 0 N–H and O–H groups in total. The highest BCUT2D eigenvalue weighted by Crippen LogP contribution is 2.38. The van der Waals surface area contributed by atoms with Crippen LogP contribution in [0.4, 0.5) is 5.69 Å². The first-order valence-electron chi connectivity index (χ1n) is 8.50. The number of hydrogen-bond donors (Lipinski definition) is 0. The van der Waals surface area contributed by atoms with Crippen LogP contribution in [0.25, 0.3) is 0 Å². The van der Waals surface area contributed by atoms with E-state index in [1.807, 2.05) is 0 Å². The summed E-state index contributed by atoms with van der Waals surface area (Å²) in [5.74, 6) is 1.26. The Bertz CT molecular complexity index is 616. The molecule has 0 aromatic heterocycles. The molecule has 1 aliphatic carbocycles. The Kier molecular flexibility index (Phi) is 3.90. The maximum Gasteiger partial charge on any atom is 0.251 e. The summed E-state index contributed by atoms with van der Waals surface area (Å²) in [6.07, 6.45) is 5.47. The Labute approximate surface area is 141 Å². The largest absolute Gasteiger partial charge is 0.291 e. The van der Waals surface area contributed by atoms with Crippen molar-refractivity contribution in [1.82, 2.24) is 4.90 Å². The van der Waals surface area contributed by atoms with Crippen molar-refractivity contribution in [2.75, 3.05) is 18.0 Å². The van der Waals surface area contributed by atoms with Crippen LogP contribution in [0.5, 0.6) is 0 Å². The van der Waals surface area contributed by atoms with Crippen molar-refractivity contribution in [1.29, 1.82) is 0 Å². The normalized spacial score (nSPS) is 31.7. The third-order valence-electron chi connectivity index (χ3n) is 5.65. The smallest absolute Gasteiger partial charge is 0.251 e. The molecular weight excluding hydrogens is 312 g/mol. The highest BCUT2D eigenvalue weighted by Gasteiger charge is 2.46. The van der Waals surface area contributed by atoms with Crippen LogP contribution in [0.2, 0.25) is 5.02 Å². The first kappa shape index (κ1) is 15.2. The van der Waals surface area contributed by atoms with Crippen LogP contribution in [0.3, 0.4) is 0 Å². The Hall–Kier alpha value is -1.39. The van der Waals surface area contributed by atoms with Gasteiger partial charge in [-0.05, 0) is 48.9 Å². The van der Waals surface area contributed by atoms with E-state index in [0.717, 1.165) is 24.9 Å². The Balaban J connectivity index is 1.52. The van der Waals surface area contributed by atoms with Gasteiger partial charge < -0.3 is 0 Å². The fourth-order valence-corrected chi connectivity index (χ4v) is 4.59. The highest BCUT2D eigenvalue weighted by atomic mass is 35.5. The molecule has 122 valence electrons. The minimum atomic E-state index is -0.274. The lowest BCUT2D eigenvalue weighted by atomic mass is 9.82. The summed E-state index contributed by atoms with van der Waals surface area (Å²) in [4.78, 5) is 28.8. The number of rotatable bonds is 2. The van der Waals surface area contributed by atoms with Gasteiger partial charge in [-0.3, -0.25) is 14.5 Å². The van der Waals surface area contributed by atoms with E-state index >= 15 is 0 Å². The van der Waals surface area contributed by atoms with E-state index in [4.69, 9.17) is 11.6 Å². The summed E-state index contributed by atoms with van der Waals surface area (Å²) in [6.45, 7) is 1.95. The minimum absolute atomic E-state index is 0.0732. The highest BCUT2D eigenvalue weighted by molar-refractivity contribution is 6.30. The lowest BCUT2D eigenvalue weighted by molar-refractivity contribution is -0.122. The topological polar surface area (TPSA) is 40.6 Å². The van der Waals surface area contributed by atoms with Crippen LogP contribution in [0.15, 0.2) is 24.3 Å². The third kappa shape index (κ3) is 2.68. The molecule has 1 aromatic rings. The first-order chi connectivity index (χ1) is 11.1. The van der Waals surface area contributed by atoms with E-state index in [9.17, 15) is 9.59 Å². The fourth-order valence-electron chi connectivity index (χ4n) is 4.46. The van der Waals surface area contributed by atoms with Crippen molar-refractivity contribution in [2.45, 2.75) is 38.1 Å². The van der Waals surface area contributed by atoms with Crippen LogP contribution in [0, 0.1) is 11.8 Å². The maximum atomic E-state index is 12.8. The molecule has 4 rings (SSSR count). The number of imide groups is 1. The molecule has 2 aliphatic heterocycles. The zero-order valence-corrected chi connectivity index (χ0v) is 13.8. The van der Waals surface area contributed by atoms with Gasteiger partial charge in [-0.15, -0.1) is 0 Å². The van der Waals surface area contributed by atoms with Gasteiger partial charge in [0.25, 0.3) is 5.91 Å². The molecule has 0 radical (unpaired) electrons. The van der Waals surface area contributed by atoms with E-state index in [0.29, 0.717) is 17.1 Å². The summed E-state index contributed by atoms with van der Waals surface area (Å²) >= 11 is 5.90. The number of carbonyl (C=O) groups is 2. The molecule has 5 heteroatoms. The van der Waals surface area contributed by atoms with Crippen molar-refractivity contribution in [3.8, 4) is 0 Å². The molecule has 3 fully saturated rings. The van der Waals surface area contributed by atoms with Gasteiger partial charge in [0.1, 0.15) is 0 Å². The fraction of sp³-hybridized carbons (Fsp3) is 0.556. The number of nitrogens with zero attached hydrogens (tertiary/aromatic N) is 2. The second-order valence-corrected chi connectivity index (χ2v) is 7.46. The first-order valence-corrected chi connectivity index (χ1v) is 8.87. The SMILES string of the molecule is O=C1CC(N2CC3CCCCC3C2)C(=O)N1c1ccc(Cl)cc1. The van der Waals surface area contributed by atoms with Crippen molar-refractivity contribution >= 4 is 29.1 Å². The number of likely N-dealkylation sites (tertiary alicyclic amines) is 1. The van der Waals surface area contributed by atoms with Gasteiger partial charge in [0.15, 0.2) is 0 Å². The van der Waals surface area contributed by atoms with E-state index < -0.39 is 0 Å². The lowest BCUT2D eigenvalue weighted by Gasteiger charge is -2.23. The molecule has 1 aromatic carbocycles. The number of hydrogen-bond acceptors (Lipinski definition) is 3. The summed E-state index contributed by atoms with van der Waals surface area (Å²) in [5, 5.41) is 0.605. The summed E-state index contributed by atoms with van der Waals surface area (Å²) in [6, 6.07) is 6.64. The van der Waals surface area contributed by atoms with Crippen molar-refractivity contribution < 1.29 is 9.59 Å². The zero-order valence-electron chi connectivity index (χ0n) is 13.1. The van der Waals surface area contributed by atoms with Crippen molar-refractivity contribution in [3.63, 3.8) is 0 Å². The van der Waals surface area contributed by atoms with Gasteiger partial charge >= 0.3 is 0 Å². The molecule has 3 aliphatic rings. The number of fused-ring (bicyclic) bond motifs is 1. The average Bonchev–Trinajstić information content (AvgIpc) is 3.09. The number of benzene rings is 1. The van der Waals surface area contributed by atoms with Crippen LogP contribution < -0.4 is 4.90 Å². The number of anilines is 1. The summed E-state index contributed by atoms with van der Waals surface area (Å²) in [5.41, 5.74) is 0.628. The molecule has 3 unspecified atom stereocenters. The molecule has 1 saturated carbocycles. The zero-order chi connectivity index (χ0) is 16.0. The van der Waals surface area contributed by atoms with E-state index in [-0.39, 0.29) is 17.9 Å². The van der Waals surface area contributed by atoms with Crippen LogP contribution >= 0.6 is 11.6 Å². The van der Waals surface area contributed by atoms with Gasteiger partial charge in [-0.25, -0.2) is 4.90 Å². The molecular formula is C18H21ClN2O2. The lowest BCUT2D eigenvalue weighted by Crippen LogP contribution is -2.41. The molecule has 2 amide bonds. The molecule has 2 saturated heterocycles. The van der Waals surface area contributed by atoms with E-state index in [1.54, 1.807) is 24.3 Å². The Morgan fingerprint density at radius 1 is 0.957 bits per heavy atom. The van der Waals surface area contributed by atoms with E-state index in [2.05, 4.69) is 4.90 Å². The van der Waals surface area contributed by atoms with Crippen molar-refractivity contribution in [3.05, 3.63) is 29.3 Å². The molecule has 4 nitrogen and oxygen atoms in total. The molecule has 3 atom stereocenters. The summed E-state index contributed by atoms with van der Waals surface area (Å²) in [7, 11) is 0. The van der Waals surface area contributed by atoms with Gasteiger partial charge in [-0.2, -0.15) is 0 Å². The molecule has 23 heavy (non-hydrogen) atoms. The number of amides is 2. The second kappa shape index (κ2) is 5.91. The van der Waals surface area contributed by atoms with Gasteiger partial charge in [-0.1, -0.05) is 24.4 Å². The minimum Gasteiger partial charge on any atom is -0.291 e. The quantitative estimate of drug-likeness (QED) is 0.781. The van der Waals surface area contributed by atoms with Gasteiger partial charge in [0.2, 0.25) is 5.91 Å². The number of halogens is 1. The molecule has 2 heterocycles. The monoisotopic (exact) mass is 332 g/mol. The number of carbonyl (C=O) groups excluding carboxylic acids is 2. The third-order valence-corrected chi connectivity index (χ3v) is 5.90. The Morgan fingerprint density at radius 3 is 2.17 bits per heavy atom. The van der Waals surface area contributed by atoms with Gasteiger partial charge in [0.05, 0.1) is 18.2 Å². The van der Waals surface area contributed by atoms with E-state index in [1.165, 1.54) is 30.6 Å². The van der Waals surface area contributed by atoms with Gasteiger partial charge in [0, 0.05) is 18.1 Å². The van der Waals surface area contributed by atoms with Crippen LogP contribution in [-0.4, -0.2) is 35.8 Å². The maximum absolute atomic E-state index is 12.8. The predicted molar refractivity (Wildman–Crippen MR) is 89.4 cm³/mol. The van der Waals surface area contributed by atoms with Crippen LogP contribution in [0.1, 0.15) is 32.1 Å². The molecule has 0 spiro atoms. The average molecular weight is 333 g/mol. The van der Waals surface area contributed by atoms with Crippen molar-refractivity contribution in [2.24, 2.45) is 11.8 Å². The summed E-state index contributed by atoms with van der Waals surface area (Å²) < 4.78 is 0. The standard InChI is InChI=1S/C18H21ClN2O2/c19-14-5-7-15(8-6-14)21-17(22)9-16(18(21)23)20-10-12-3-1-2-4-13(12)11-20/h5-8,12-13,16H,1-4,9-11H2. The Morgan fingerprint density at radius 2 is 1.57 bits per heavy atom. The predicted octanol–water partition coefficient (Wildman–Crippen LogP) is 3.09. The second-order valence-electron chi connectivity index (χ2n) is 7.02.